The van der Waals surface area contributed by atoms with E-state index in [0.29, 0.717) is 0 Å². The largest absolute Gasteiger partial charge is 0.492 e. The third-order valence-electron chi connectivity index (χ3n) is 3.56. The van der Waals surface area contributed by atoms with Crippen LogP contribution in [-0.2, 0) is 13.0 Å². The molecule has 98 valence electrons. The first-order valence-corrected chi connectivity index (χ1v) is 6.93. The van der Waals surface area contributed by atoms with Crippen LogP contribution in [0.3, 0.4) is 0 Å². The molecule has 2 aromatic rings. The van der Waals surface area contributed by atoms with E-state index in [9.17, 15) is 0 Å². The van der Waals surface area contributed by atoms with Gasteiger partial charge in [0.1, 0.15) is 5.75 Å². The molecule has 1 aliphatic rings. The normalized spacial score (nSPS) is 13.1. The number of fused-ring (bicyclic) bond motifs is 1. The van der Waals surface area contributed by atoms with E-state index in [2.05, 4.69) is 54.7 Å². The van der Waals surface area contributed by atoms with Crippen molar-refractivity contribution in [1.29, 1.82) is 0 Å². The van der Waals surface area contributed by atoms with E-state index in [1.54, 1.807) is 0 Å². The maximum Gasteiger partial charge on any atom is 0.130 e. The highest BCUT2D eigenvalue weighted by molar-refractivity contribution is 5.73. The minimum atomic E-state index is 0.810. The molecule has 0 atom stereocenters. The Balaban J connectivity index is 1.88. The van der Waals surface area contributed by atoms with Gasteiger partial charge in [0.2, 0.25) is 0 Å². The maximum absolute atomic E-state index is 5.77. The second-order valence-electron chi connectivity index (χ2n) is 4.87. The lowest BCUT2D eigenvalue weighted by molar-refractivity contribution is 0.358. The molecule has 1 aliphatic heterocycles. The maximum atomic E-state index is 5.77. The Kier molecular flexibility index (Phi) is 3.51. The summed E-state index contributed by atoms with van der Waals surface area (Å²) in [5.74, 6) is 1.07. The molecule has 2 heteroatoms. The fourth-order valence-corrected chi connectivity index (χ4v) is 2.51. The van der Waals surface area contributed by atoms with E-state index in [4.69, 9.17) is 4.74 Å². The Labute approximate surface area is 114 Å². The van der Waals surface area contributed by atoms with E-state index in [1.807, 2.05) is 0 Å². The van der Waals surface area contributed by atoms with Crippen LogP contribution in [0.2, 0.25) is 0 Å². The van der Waals surface area contributed by atoms with E-state index < -0.39 is 0 Å². The Morgan fingerprint density at radius 2 is 1.95 bits per heavy atom. The van der Waals surface area contributed by atoms with Gasteiger partial charge in [-0.25, -0.2) is 0 Å². The summed E-state index contributed by atoms with van der Waals surface area (Å²) >= 11 is 0. The van der Waals surface area contributed by atoms with Gasteiger partial charge in [-0.1, -0.05) is 49.4 Å². The van der Waals surface area contributed by atoms with Crippen LogP contribution in [0.5, 0.6) is 5.75 Å². The Morgan fingerprint density at radius 3 is 2.74 bits per heavy atom. The summed E-state index contributed by atoms with van der Waals surface area (Å²) in [5, 5.41) is 3.34. The number of para-hydroxylation sites is 1. The smallest absolute Gasteiger partial charge is 0.130 e. The van der Waals surface area contributed by atoms with Crippen LogP contribution in [0.25, 0.3) is 11.1 Å². The first-order valence-electron chi connectivity index (χ1n) is 6.93. The van der Waals surface area contributed by atoms with Gasteiger partial charge >= 0.3 is 0 Å². The zero-order chi connectivity index (χ0) is 13.1. The lowest BCUT2D eigenvalue weighted by atomic mass is 10.00. The van der Waals surface area contributed by atoms with Crippen molar-refractivity contribution in [2.24, 2.45) is 0 Å². The lowest BCUT2D eigenvalue weighted by Gasteiger charge is -2.09. The number of ether oxygens (including phenoxy) is 1. The van der Waals surface area contributed by atoms with Crippen molar-refractivity contribution in [3.05, 3.63) is 53.6 Å². The summed E-state index contributed by atoms with van der Waals surface area (Å²) in [6.07, 6.45) is 1.03. The summed E-state index contributed by atoms with van der Waals surface area (Å²) in [7, 11) is 0. The van der Waals surface area contributed by atoms with Crippen molar-refractivity contribution >= 4 is 0 Å². The van der Waals surface area contributed by atoms with Crippen molar-refractivity contribution in [2.45, 2.75) is 19.9 Å². The zero-order valence-corrected chi connectivity index (χ0v) is 11.3. The van der Waals surface area contributed by atoms with Crippen LogP contribution in [0, 0.1) is 0 Å². The molecule has 0 saturated carbocycles. The predicted molar refractivity (Wildman–Crippen MR) is 78.5 cm³/mol. The van der Waals surface area contributed by atoms with E-state index in [0.717, 1.165) is 31.9 Å². The van der Waals surface area contributed by atoms with Crippen LogP contribution < -0.4 is 10.1 Å². The van der Waals surface area contributed by atoms with Crippen molar-refractivity contribution in [2.75, 3.05) is 13.2 Å². The fourth-order valence-electron chi connectivity index (χ4n) is 2.51. The van der Waals surface area contributed by atoms with Gasteiger partial charge in [0.15, 0.2) is 0 Å². The molecule has 2 nitrogen and oxygen atoms in total. The molecular weight excluding hydrogens is 234 g/mol. The fraction of sp³-hybridized carbons (Fsp3) is 0.294. The minimum absolute atomic E-state index is 0.810. The summed E-state index contributed by atoms with van der Waals surface area (Å²) in [6, 6.07) is 15.2. The van der Waals surface area contributed by atoms with Gasteiger partial charge < -0.3 is 10.1 Å². The number of benzene rings is 2. The summed E-state index contributed by atoms with van der Waals surface area (Å²) in [6.45, 7) is 4.87. The number of nitrogens with one attached hydrogen (secondary N) is 1. The van der Waals surface area contributed by atoms with Gasteiger partial charge in [0.05, 0.1) is 6.61 Å². The molecule has 2 aromatic carbocycles. The topological polar surface area (TPSA) is 21.3 Å². The Morgan fingerprint density at radius 1 is 1.11 bits per heavy atom. The molecule has 1 heterocycles. The third-order valence-corrected chi connectivity index (χ3v) is 3.56. The molecular formula is C17H19NO. The molecule has 0 radical (unpaired) electrons. The molecule has 0 bridgehead atoms. The monoisotopic (exact) mass is 253 g/mol. The van der Waals surface area contributed by atoms with E-state index >= 15 is 0 Å². The number of hydrogen-bond donors (Lipinski definition) is 1. The quantitative estimate of drug-likeness (QED) is 0.901. The molecule has 0 unspecified atom stereocenters. The zero-order valence-electron chi connectivity index (χ0n) is 11.3. The van der Waals surface area contributed by atoms with Crippen LogP contribution >= 0.6 is 0 Å². The van der Waals surface area contributed by atoms with Gasteiger partial charge in [-0.15, -0.1) is 0 Å². The predicted octanol–water partition coefficient (Wildman–Crippen LogP) is 3.40. The molecule has 0 saturated heterocycles. The minimum Gasteiger partial charge on any atom is -0.492 e. The standard InChI is InChI=1S/C17H19NO/c1-2-18-12-13-6-8-14(9-7-13)16-5-3-4-15-10-11-19-17(15)16/h3-9,18H,2,10-12H2,1H3. The molecule has 0 aliphatic carbocycles. The average Bonchev–Trinajstić information content (AvgIpc) is 2.94. The lowest BCUT2D eigenvalue weighted by Crippen LogP contribution is -2.11. The molecule has 0 fully saturated rings. The summed E-state index contributed by atoms with van der Waals surface area (Å²) < 4.78 is 5.77. The Bertz CT molecular complexity index is 560. The van der Waals surface area contributed by atoms with Gasteiger partial charge in [-0.3, -0.25) is 0 Å². The highest BCUT2D eigenvalue weighted by Gasteiger charge is 2.16. The van der Waals surface area contributed by atoms with Crippen LogP contribution in [-0.4, -0.2) is 13.2 Å². The summed E-state index contributed by atoms with van der Waals surface area (Å²) in [5.41, 5.74) is 5.09. The molecule has 19 heavy (non-hydrogen) atoms. The third kappa shape index (κ3) is 2.49. The average molecular weight is 253 g/mol. The van der Waals surface area contributed by atoms with Crippen LogP contribution in [0.15, 0.2) is 42.5 Å². The summed E-state index contributed by atoms with van der Waals surface area (Å²) in [4.78, 5) is 0. The van der Waals surface area contributed by atoms with Gasteiger partial charge in [-0.05, 0) is 23.2 Å². The molecule has 0 spiro atoms. The van der Waals surface area contributed by atoms with Gasteiger partial charge in [0, 0.05) is 18.5 Å². The SMILES string of the molecule is CCNCc1ccc(-c2cccc3c2OCC3)cc1. The van der Waals surface area contributed by atoms with Crippen molar-refractivity contribution in [3.8, 4) is 16.9 Å². The first kappa shape index (κ1) is 12.2. The van der Waals surface area contributed by atoms with E-state index in [-0.39, 0.29) is 0 Å². The number of hydrogen-bond acceptors (Lipinski definition) is 2. The van der Waals surface area contributed by atoms with E-state index in [1.165, 1.54) is 22.3 Å². The second kappa shape index (κ2) is 5.45. The first-order chi connectivity index (χ1) is 9.38. The van der Waals surface area contributed by atoms with Crippen molar-refractivity contribution in [1.82, 2.24) is 5.32 Å². The van der Waals surface area contributed by atoms with Crippen LogP contribution in [0.4, 0.5) is 0 Å². The van der Waals surface area contributed by atoms with Gasteiger partial charge in [0.25, 0.3) is 0 Å². The highest BCUT2D eigenvalue weighted by atomic mass is 16.5. The molecule has 0 amide bonds. The van der Waals surface area contributed by atoms with Crippen molar-refractivity contribution in [3.63, 3.8) is 0 Å². The molecule has 1 N–H and O–H groups in total. The van der Waals surface area contributed by atoms with Crippen LogP contribution in [0.1, 0.15) is 18.1 Å². The number of rotatable bonds is 4. The second-order valence-corrected chi connectivity index (χ2v) is 4.87. The Hall–Kier alpha value is -1.80. The molecule has 3 rings (SSSR count). The highest BCUT2D eigenvalue weighted by Crippen LogP contribution is 2.36. The van der Waals surface area contributed by atoms with Crippen molar-refractivity contribution < 1.29 is 4.74 Å². The molecule has 0 aromatic heterocycles. The van der Waals surface area contributed by atoms with Gasteiger partial charge in [-0.2, -0.15) is 0 Å².